The van der Waals surface area contributed by atoms with Crippen molar-refractivity contribution in [2.75, 3.05) is 33.0 Å². The van der Waals surface area contributed by atoms with Gasteiger partial charge in [0, 0.05) is 44.1 Å². The average molecular weight is 371 g/mol. The molecule has 26 heavy (non-hydrogen) atoms. The lowest BCUT2D eigenvalue weighted by Gasteiger charge is -2.35. The standard InChI is InChI=1S/C21H26N2O2S/c1-2-4-21-18(3-1)17(14-26-21)13-23-9-7-22(8-10-23)12-16-5-6-19-20(11-16)25-15-24-19/h5-6,11,14H,1-4,7-10,12-13,15H2. The minimum Gasteiger partial charge on any atom is -0.454 e. The maximum atomic E-state index is 5.50. The Bertz CT molecular complexity index is 780. The van der Waals surface area contributed by atoms with Crippen LogP contribution in [0.1, 0.15) is 34.4 Å². The molecule has 2 aromatic rings. The second-order valence-electron chi connectivity index (χ2n) is 7.61. The van der Waals surface area contributed by atoms with Crippen LogP contribution in [-0.2, 0) is 25.9 Å². The molecule has 1 aliphatic carbocycles. The molecule has 3 aliphatic rings. The number of rotatable bonds is 4. The van der Waals surface area contributed by atoms with Crippen molar-refractivity contribution in [3.8, 4) is 11.5 Å². The van der Waals surface area contributed by atoms with Crippen molar-refractivity contribution >= 4 is 11.3 Å². The van der Waals surface area contributed by atoms with E-state index in [2.05, 4.69) is 27.3 Å². The van der Waals surface area contributed by atoms with Gasteiger partial charge in [-0.3, -0.25) is 9.80 Å². The largest absolute Gasteiger partial charge is 0.454 e. The van der Waals surface area contributed by atoms with Crippen LogP contribution in [-0.4, -0.2) is 42.8 Å². The summed E-state index contributed by atoms with van der Waals surface area (Å²) in [6, 6.07) is 6.33. The van der Waals surface area contributed by atoms with E-state index in [1.54, 1.807) is 16.0 Å². The van der Waals surface area contributed by atoms with E-state index in [0.717, 1.165) is 50.8 Å². The Morgan fingerprint density at radius 3 is 2.54 bits per heavy atom. The third kappa shape index (κ3) is 3.36. The van der Waals surface area contributed by atoms with Gasteiger partial charge in [0.05, 0.1) is 0 Å². The van der Waals surface area contributed by atoms with Crippen molar-refractivity contribution < 1.29 is 9.47 Å². The van der Waals surface area contributed by atoms with Crippen molar-refractivity contribution in [2.45, 2.75) is 38.8 Å². The van der Waals surface area contributed by atoms with Crippen LogP contribution in [0.2, 0.25) is 0 Å². The molecule has 0 N–H and O–H groups in total. The van der Waals surface area contributed by atoms with Gasteiger partial charge < -0.3 is 9.47 Å². The van der Waals surface area contributed by atoms with E-state index >= 15 is 0 Å². The molecule has 0 radical (unpaired) electrons. The van der Waals surface area contributed by atoms with Crippen LogP contribution >= 0.6 is 11.3 Å². The molecule has 2 aliphatic heterocycles. The molecule has 1 saturated heterocycles. The molecule has 0 saturated carbocycles. The molecule has 0 unspecified atom stereocenters. The van der Waals surface area contributed by atoms with Gasteiger partial charge in [0.1, 0.15) is 0 Å². The lowest BCUT2D eigenvalue weighted by atomic mass is 9.95. The molecule has 0 amide bonds. The van der Waals surface area contributed by atoms with E-state index in [1.807, 2.05) is 17.4 Å². The Morgan fingerprint density at radius 1 is 0.885 bits per heavy atom. The van der Waals surface area contributed by atoms with Gasteiger partial charge in [0.15, 0.2) is 11.5 Å². The molecule has 0 spiro atoms. The summed E-state index contributed by atoms with van der Waals surface area (Å²) in [5.74, 6) is 1.76. The zero-order valence-corrected chi connectivity index (χ0v) is 16.0. The quantitative estimate of drug-likeness (QED) is 0.820. The van der Waals surface area contributed by atoms with Crippen molar-refractivity contribution in [3.05, 3.63) is 45.1 Å². The fraction of sp³-hybridized carbons (Fsp3) is 0.524. The fourth-order valence-corrected chi connectivity index (χ4v) is 5.48. The maximum absolute atomic E-state index is 5.50. The average Bonchev–Trinajstić information content (AvgIpc) is 3.30. The maximum Gasteiger partial charge on any atom is 0.231 e. The molecule has 1 aromatic heterocycles. The van der Waals surface area contributed by atoms with Crippen LogP contribution in [0, 0.1) is 0 Å². The van der Waals surface area contributed by atoms with Crippen LogP contribution in [0.3, 0.4) is 0 Å². The summed E-state index contributed by atoms with van der Waals surface area (Å²) in [5.41, 5.74) is 4.60. The molecule has 138 valence electrons. The highest BCUT2D eigenvalue weighted by Gasteiger charge is 2.21. The zero-order chi connectivity index (χ0) is 17.3. The number of aryl methyl sites for hydroxylation is 1. The number of fused-ring (bicyclic) bond motifs is 2. The van der Waals surface area contributed by atoms with Crippen molar-refractivity contribution in [3.63, 3.8) is 0 Å². The summed E-state index contributed by atoms with van der Waals surface area (Å²) in [5, 5.41) is 2.43. The van der Waals surface area contributed by atoms with E-state index in [0.29, 0.717) is 6.79 Å². The Kier molecular flexibility index (Phi) is 4.61. The second-order valence-corrected chi connectivity index (χ2v) is 8.57. The molecule has 5 heteroatoms. The topological polar surface area (TPSA) is 24.9 Å². The minimum absolute atomic E-state index is 0.351. The number of ether oxygens (including phenoxy) is 2. The number of benzene rings is 1. The van der Waals surface area contributed by atoms with Gasteiger partial charge in [-0.25, -0.2) is 0 Å². The van der Waals surface area contributed by atoms with Crippen LogP contribution < -0.4 is 9.47 Å². The molecule has 4 nitrogen and oxygen atoms in total. The lowest BCUT2D eigenvalue weighted by Crippen LogP contribution is -2.45. The molecule has 1 aromatic carbocycles. The highest BCUT2D eigenvalue weighted by Crippen LogP contribution is 2.33. The first-order valence-electron chi connectivity index (χ1n) is 9.76. The van der Waals surface area contributed by atoms with E-state index in [9.17, 15) is 0 Å². The number of piperazine rings is 1. The molecular formula is C21H26N2O2S. The lowest BCUT2D eigenvalue weighted by molar-refractivity contribution is 0.122. The molecule has 0 bridgehead atoms. The molecule has 5 rings (SSSR count). The predicted molar refractivity (Wildman–Crippen MR) is 104 cm³/mol. The summed E-state index contributed by atoms with van der Waals surface area (Å²) in [7, 11) is 0. The first kappa shape index (κ1) is 16.6. The Hall–Kier alpha value is -1.56. The van der Waals surface area contributed by atoms with E-state index in [1.165, 1.54) is 31.2 Å². The summed E-state index contributed by atoms with van der Waals surface area (Å²) in [6.45, 7) is 7.09. The number of hydrogen-bond donors (Lipinski definition) is 0. The van der Waals surface area contributed by atoms with Gasteiger partial charge >= 0.3 is 0 Å². The van der Waals surface area contributed by atoms with Gasteiger partial charge in [0.25, 0.3) is 0 Å². The normalized spacial score (nSPS) is 20.3. The Morgan fingerprint density at radius 2 is 1.65 bits per heavy atom. The van der Waals surface area contributed by atoms with Crippen LogP contribution in [0.4, 0.5) is 0 Å². The Balaban J connectivity index is 1.16. The van der Waals surface area contributed by atoms with Gasteiger partial charge in [0.2, 0.25) is 6.79 Å². The van der Waals surface area contributed by atoms with Crippen molar-refractivity contribution in [1.29, 1.82) is 0 Å². The number of thiophene rings is 1. The highest BCUT2D eigenvalue weighted by molar-refractivity contribution is 7.10. The summed E-state index contributed by atoms with van der Waals surface area (Å²) < 4.78 is 10.9. The van der Waals surface area contributed by atoms with Crippen LogP contribution in [0.15, 0.2) is 23.6 Å². The van der Waals surface area contributed by atoms with Crippen LogP contribution in [0.5, 0.6) is 11.5 Å². The van der Waals surface area contributed by atoms with Gasteiger partial charge in [-0.15, -0.1) is 11.3 Å². The molecule has 3 heterocycles. The second kappa shape index (κ2) is 7.22. The summed E-state index contributed by atoms with van der Waals surface area (Å²) in [6.07, 6.45) is 5.37. The van der Waals surface area contributed by atoms with E-state index < -0.39 is 0 Å². The SMILES string of the molecule is c1cc2c(cc1CN1CCN(Cc3csc4c3CCCC4)CC1)OCO2. The smallest absolute Gasteiger partial charge is 0.231 e. The summed E-state index contributed by atoms with van der Waals surface area (Å²) >= 11 is 1.99. The number of nitrogens with zero attached hydrogens (tertiary/aromatic N) is 2. The minimum atomic E-state index is 0.351. The van der Waals surface area contributed by atoms with E-state index in [-0.39, 0.29) is 0 Å². The zero-order valence-electron chi connectivity index (χ0n) is 15.2. The first-order chi connectivity index (χ1) is 12.8. The Labute approximate surface area is 159 Å². The van der Waals surface area contributed by atoms with Gasteiger partial charge in [-0.05, 0) is 59.9 Å². The fourth-order valence-electron chi connectivity index (χ4n) is 4.34. The number of hydrogen-bond acceptors (Lipinski definition) is 5. The molecule has 0 atom stereocenters. The summed E-state index contributed by atoms with van der Waals surface area (Å²) in [4.78, 5) is 6.84. The van der Waals surface area contributed by atoms with Gasteiger partial charge in [-0.1, -0.05) is 6.07 Å². The van der Waals surface area contributed by atoms with E-state index in [4.69, 9.17) is 9.47 Å². The van der Waals surface area contributed by atoms with Gasteiger partial charge in [-0.2, -0.15) is 0 Å². The van der Waals surface area contributed by atoms with Crippen molar-refractivity contribution in [2.24, 2.45) is 0 Å². The highest BCUT2D eigenvalue weighted by atomic mass is 32.1. The third-order valence-electron chi connectivity index (χ3n) is 5.85. The van der Waals surface area contributed by atoms with Crippen molar-refractivity contribution in [1.82, 2.24) is 9.80 Å². The molecule has 1 fully saturated rings. The first-order valence-corrected chi connectivity index (χ1v) is 10.6. The predicted octanol–water partition coefficient (Wildman–Crippen LogP) is 3.67. The van der Waals surface area contributed by atoms with Crippen LogP contribution in [0.25, 0.3) is 0 Å². The monoisotopic (exact) mass is 370 g/mol. The third-order valence-corrected chi connectivity index (χ3v) is 6.99. The molecular weight excluding hydrogens is 344 g/mol.